The molecule has 17 heavy (non-hydrogen) atoms. The van der Waals surface area contributed by atoms with Crippen molar-refractivity contribution in [2.45, 2.75) is 19.3 Å². The van der Waals surface area contributed by atoms with Crippen LogP contribution in [-0.4, -0.2) is 10.2 Å². The minimum absolute atomic E-state index is 0.252. The Kier molecular flexibility index (Phi) is 2.80. The summed E-state index contributed by atoms with van der Waals surface area (Å²) in [5.74, 6) is 0.520. The molecule has 0 aromatic heterocycles. The predicted octanol–water partition coefficient (Wildman–Crippen LogP) is 3.42. The van der Waals surface area contributed by atoms with Crippen LogP contribution in [0, 0.1) is 0 Å². The minimum atomic E-state index is -0.252. The number of benzene rings is 2. The molecule has 88 valence electrons. The van der Waals surface area contributed by atoms with E-state index in [-0.39, 0.29) is 16.9 Å². The summed E-state index contributed by atoms with van der Waals surface area (Å²) in [6, 6.07) is 14.4. The summed E-state index contributed by atoms with van der Waals surface area (Å²) in [6.45, 7) is 4.13. The van der Waals surface area contributed by atoms with E-state index in [9.17, 15) is 10.2 Å². The molecule has 2 heteroatoms. The Balaban J connectivity index is 2.49. The lowest BCUT2D eigenvalue weighted by atomic mass is 9.78. The van der Waals surface area contributed by atoms with E-state index in [2.05, 4.69) is 13.8 Å². The van der Waals surface area contributed by atoms with Gasteiger partial charge in [-0.3, -0.25) is 0 Å². The Morgan fingerprint density at radius 3 is 1.53 bits per heavy atom. The highest BCUT2D eigenvalue weighted by Gasteiger charge is 2.23. The summed E-state index contributed by atoms with van der Waals surface area (Å²) in [4.78, 5) is 0. The van der Waals surface area contributed by atoms with Gasteiger partial charge < -0.3 is 10.2 Å². The topological polar surface area (TPSA) is 40.5 Å². The summed E-state index contributed by atoms with van der Waals surface area (Å²) < 4.78 is 0. The first-order valence-corrected chi connectivity index (χ1v) is 5.59. The molecule has 0 saturated carbocycles. The molecule has 0 radical (unpaired) electrons. The van der Waals surface area contributed by atoms with Gasteiger partial charge in [0.15, 0.2) is 0 Å². The van der Waals surface area contributed by atoms with Gasteiger partial charge in [0.25, 0.3) is 0 Å². The molecule has 0 fully saturated rings. The van der Waals surface area contributed by atoms with Crippen molar-refractivity contribution in [3.05, 3.63) is 59.7 Å². The van der Waals surface area contributed by atoms with Crippen molar-refractivity contribution in [2.75, 3.05) is 0 Å². The van der Waals surface area contributed by atoms with Gasteiger partial charge >= 0.3 is 0 Å². The second kappa shape index (κ2) is 4.13. The van der Waals surface area contributed by atoms with Gasteiger partial charge in [0.05, 0.1) is 0 Å². The van der Waals surface area contributed by atoms with Crippen LogP contribution < -0.4 is 0 Å². The highest BCUT2D eigenvalue weighted by Crippen LogP contribution is 2.34. The van der Waals surface area contributed by atoms with Gasteiger partial charge in [0, 0.05) is 5.41 Å². The smallest absolute Gasteiger partial charge is 0.115 e. The summed E-state index contributed by atoms with van der Waals surface area (Å²) in [6.07, 6.45) is 0. The molecule has 0 amide bonds. The fourth-order valence-electron chi connectivity index (χ4n) is 1.96. The third-order valence-electron chi connectivity index (χ3n) is 3.14. The Hall–Kier alpha value is -1.96. The number of hydrogen-bond acceptors (Lipinski definition) is 2. The average Bonchev–Trinajstić information content (AvgIpc) is 2.29. The van der Waals surface area contributed by atoms with E-state index in [0.717, 1.165) is 11.1 Å². The maximum atomic E-state index is 9.53. The van der Waals surface area contributed by atoms with E-state index in [1.54, 1.807) is 24.3 Å². The molecule has 0 unspecified atom stereocenters. The van der Waals surface area contributed by atoms with E-state index >= 15 is 0 Å². The van der Waals surface area contributed by atoms with Gasteiger partial charge in [-0.1, -0.05) is 38.1 Å². The number of hydrogen-bond donors (Lipinski definition) is 2. The molecule has 0 aliphatic rings. The van der Waals surface area contributed by atoms with E-state index in [0.29, 0.717) is 0 Å². The number of aromatic hydroxyl groups is 2. The number of phenolic OH excluding ortho intramolecular Hbond substituents is 2. The third kappa shape index (κ3) is 2.26. The third-order valence-corrected chi connectivity index (χ3v) is 3.14. The lowest BCUT2D eigenvalue weighted by Gasteiger charge is -2.26. The lowest BCUT2D eigenvalue weighted by Crippen LogP contribution is -2.18. The molecule has 0 saturated heterocycles. The van der Waals surface area contributed by atoms with E-state index in [1.165, 1.54) is 0 Å². The fraction of sp³-hybridized carbons (Fsp3) is 0.200. The molecule has 0 atom stereocenters. The van der Waals surface area contributed by atoms with Crippen LogP contribution in [0.5, 0.6) is 11.5 Å². The molecule has 0 heterocycles. The Labute approximate surface area is 101 Å². The van der Waals surface area contributed by atoms with Gasteiger partial charge in [0.1, 0.15) is 11.5 Å². The van der Waals surface area contributed by atoms with Crippen molar-refractivity contribution >= 4 is 0 Å². The quantitative estimate of drug-likeness (QED) is 0.826. The van der Waals surface area contributed by atoms with Crippen molar-refractivity contribution in [1.82, 2.24) is 0 Å². The van der Waals surface area contributed by atoms with Gasteiger partial charge in [-0.05, 0) is 35.4 Å². The normalized spacial score (nSPS) is 11.4. The highest BCUT2D eigenvalue weighted by atomic mass is 16.3. The lowest BCUT2D eigenvalue weighted by molar-refractivity contribution is 0.470. The fourth-order valence-corrected chi connectivity index (χ4v) is 1.96. The molecule has 0 aliphatic heterocycles. The summed E-state index contributed by atoms with van der Waals surface area (Å²) in [7, 11) is 0. The Bertz CT molecular complexity index is 482. The molecule has 0 spiro atoms. The molecule has 2 nitrogen and oxygen atoms in total. The summed E-state index contributed by atoms with van der Waals surface area (Å²) in [5, 5.41) is 19.1. The maximum absolute atomic E-state index is 9.53. The first-order valence-electron chi connectivity index (χ1n) is 5.59. The van der Waals surface area contributed by atoms with E-state index in [1.807, 2.05) is 24.3 Å². The molecule has 0 bridgehead atoms. The molecule has 2 N–H and O–H groups in total. The number of rotatable bonds is 2. The first kappa shape index (κ1) is 11.5. The monoisotopic (exact) mass is 228 g/mol. The second-order valence-electron chi connectivity index (χ2n) is 4.73. The SMILES string of the molecule is CC(C)(c1cccc(O)c1)c1cccc(O)c1. The van der Waals surface area contributed by atoms with Gasteiger partial charge in [-0.15, -0.1) is 0 Å². The predicted molar refractivity (Wildman–Crippen MR) is 68.3 cm³/mol. The molecule has 2 aromatic rings. The largest absolute Gasteiger partial charge is 0.508 e. The molecule has 2 aromatic carbocycles. The molecular weight excluding hydrogens is 212 g/mol. The van der Waals surface area contributed by atoms with Gasteiger partial charge in [-0.25, -0.2) is 0 Å². The van der Waals surface area contributed by atoms with Crippen molar-refractivity contribution in [2.24, 2.45) is 0 Å². The zero-order valence-corrected chi connectivity index (χ0v) is 10.0. The highest BCUT2D eigenvalue weighted by molar-refractivity contribution is 5.42. The molecule has 2 rings (SSSR count). The van der Waals surface area contributed by atoms with Crippen LogP contribution in [0.1, 0.15) is 25.0 Å². The molecular formula is C15H16O2. The second-order valence-corrected chi connectivity index (χ2v) is 4.73. The average molecular weight is 228 g/mol. The van der Waals surface area contributed by atoms with Crippen molar-refractivity contribution in [1.29, 1.82) is 0 Å². The Morgan fingerprint density at radius 1 is 0.765 bits per heavy atom. The van der Waals surface area contributed by atoms with Crippen LogP contribution in [0.3, 0.4) is 0 Å². The van der Waals surface area contributed by atoms with Gasteiger partial charge in [0.2, 0.25) is 0 Å². The van der Waals surface area contributed by atoms with Crippen molar-refractivity contribution < 1.29 is 10.2 Å². The van der Waals surface area contributed by atoms with E-state index < -0.39 is 0 Å². The Morgan fingerprint density at radius 2 is 1.18 bits per heavy atom. The maximum Gasteiger partial charge on any atom is 0.115 e. The summed E-state index contributed by atoms with van der Waals surface area (Å²) >= 11 is 0. The summed E-state index contributed by atoms with van der Waals surface area (Å²) in [5.41, 5.74) is 1.78. The van der Waals surface area contributed by atoms with Gasteiger partial charge in [-0.2, -0.15) is 0 Å². The van der Waals surface area contributed by atoms with Crippen LogP contribution in [0.25, 0.3) is 0 Å². The minimum Gasteiger partial charge on any atom is -0.508 e. The van der Waals surface area contributed by atoms with Crippen molar-refractivity contribution in [3.63, 3.8) is 0 Å². The zero-order chi connectivity index (χ0) is 12.5. The van der Waals surface area contributed by atoms with Crippen LogP contribution in [0.4, 0.5) is 0 Å². The zero-order valence-electron chi connectivity index (χ0n) is 10.0. The van der Waals surface area contributed by atoms with Crippen molar-refractivity contribution in [3.8, 4) is 11.5 Å². The first-order chi connectivity index (χ1) is 8.00. The van der Waals surface area contributed by atoms with E-state index in [4.69, 9.17) is 0 Å². The van der Waals surface area contributed by atoms with Crippen LogP contribution in [-0.2, 0) is 5.41 Å². The van der Waals surface area contributed by atoms with Crippen LogP contribution in [0.2, 0.25) is 0 Å². The van der Waals surface area contributed by atoms with Crippen LogP contribution >= 0.6 is 0 Å². The van der Waals surface area contributed by atoms with Crippen LogP contribution in [0.15, 0.2) is 48.5 Å². The standard InChI is InChI=1S/C15H16O2/c1-15(2,11-5-3-7-13(16)9-11)12-6-4-8-14(17)10-12/h3-10,16-17H,1-2H3. The molecule has 0 aliphatic carbocycles. The number of phenols is 2.